The number of furan rings is 1. The van der Waals surface area contributed by atoms with Gasteiger partial charge in [0.2, 0.25) is 5.88 Å². The predicted molar refractivity (Wildman–Crippen MR) is 90.6 cm³/mol. The number of nitriles is 1. The molecule has 7 heteroatoms. The van der Waals surface area contributed by atoms with Crippen LogP contribution in [0.3, 0.4) is 0 Å². The number of nitrogens with zero attached hydrogens (tertiary/aromatic N) is 1. The number of Topliss-reactive ketones (excluding diaryl/α,β-unsaturated/α-hetero) is 1. The lowest BCUT2D eigenvalue weighted by Gasteiger charge is -2.03. The van der Waals surface area contributed by atoms with Crippen molar-refractivity contribution in [2.24, 2.45) is 5.73 Å². The molecule has 0 saturated carbocycles. The van der Waals surface area contributed by atoms with Gasteiger partial charge >= 0.3 is 0 Å². The highest BCUT2D eigenvalue weighted by Gasteiger charge is 2.26. The van der Waals surface area contributed by atoms with Gasteiger partial charge in [0.05, 0.1) is 5.56 Å². The highest BCUT2D eigenvalue weighted by molar-refractivity contribution is 6.15. The van der Waals surface area contributed by atoms with Crippen molar-refractivity contribution in [2.45, 2.75) is 13.8 Å². The Kier molecular flexibility index (Phi) is 5.15. The van der Waals surface area contributed by atoms with E-state index >= 15 is 0 Å². The molecule has 0 spiro atoms. The van der Waals surface area contributed by atoms with Crippen LogP contribution in [0, 0.1) is 18.3 Å². The molecule has 0 bridgehead atoms. The molecule has 0 aliphatic heterocycles. The molecule has 2 amide bonds. The number of hydrogen-bond donors (Lipinski definition) is 2. The number of rotatable bonds is 5. The largest absolute Gasteiger partial charge is 0.444 e. The molecule has 0 atom stereocenters. The quantitative estimate of drug-likeness (QED) is 0.492. The van der Waals surface area contributed by atoms with Crippen LogP contribution < -0.4 is 11.1 Å². The van der Waals surface area contributed by atoms with Gasteiger partial charge in [0.15, 0.2) is 5.78 Å². The number of carbonyl (C=O) groups excluding carboxylic acids is 3. The summed E-state index contributed by atoms with van der Waals surface area (Å²) in [4.78, 5) is 35.6. The third-order valence-corrected chi connectivity index (χ3v) is 3.39. The molecular weight excluding hydrogens is 322 g/mol. The van der Waals surface area contributed by atoms with E-state index in [1.807, 2.05) is 0 Å². The molecule has 0 unspecified atom stereocenters. The van der Waals surface area contributed by atoms with Gasteiger partial charge in [-0.3, -0.25) is 19.7 Å². The van der Waals surface area contributed by atoms with Crippen LogP contribution in [0.25, 0.3) is 6.08 Å². The Balaban J connectivity index is 2.39. The zero-order chi connectivity index (χ0) is 18.6. The summed E-state index contributed by atoms with van der Waals surface area (Å²) in [6.45, 7) is 2.73. The first-order valence-corrected chi connectivity index (χ1v) is 7.27. The number of amides is 2. The zero-order valence-electron chi connectivity index (χ0n) is 13.6. The summed E-state index contributed by atoms with van der Waals surface area (Å²) in [5.74, 6) is -2.21. The minimum absolute atomic E-state index is 0.00773. The molecule has 7 nitrogen and oxygen atoms in total. The molecule has 3 N–H and O–H groups in total. The molecule has 0 aliphatic carbocycles. The lowest BCUT2D eigenvalue weighted by molar-refractivity contribution is -0.112. The number of primary amides is 1. The zero-order valence-corrected chi connectivity index (χ0v) is 13.6. The van der Waals surface area contributed by atoms with Gasteiger partial charge in [-0.15, -0.1) is 0 Å². The molecule has 25 heavy (non-hydrogen) atoms. The van der Waals surface area contributed by atoms with Crippen molar-refractivity contribution < 1.29 is 18.8 Å². The van der Waals surface area contributed by atoms with Crippen LogP contribution in [0.15, 0.2) is 40.3 Å². The molecule has 1 aromatic heterocycles. The smallest absolute Gasteiger partial charge is 0.268 e. The van der Waals surface area contributed by atoms with Crippen molar-refractivity contribution >= 4 is 29.6 Å². The van der Waals surface area contributed by atoms with Crippen molar-refractivity contribution in [3.05, 3.63) is 58.4 Å². The normalized spacial score (nSPS) is 10.8. The number of nitrogens with two attached hydrogens (primary N) is 1. The van der Waals surface area contributed by atoms with Gasteiger partial charge in [0, 0.05) is 0 Å². The monoisotopic (exact) mass is 337 g/mol. The molecule has 0 radical (unpaired) electrons. The minimum Gasteiger partial charge on any atom is -0.444 e. The van der Waals surface area contributed by atoms with Gasteiger partial charge in [-0.2, -0.15) is 5.26 Å². The predicted octanol–water partition coefficient (Wildman–Crippen LogP) is 2.44. The number of hydrogen-bond acceptors (Lipinski definition) is 5. The summed E-state index contributed by atoms with van der Waals surface area (Å²) in [5, 5.41) is 11.5. The van der Waals surface area contributed by atoms with Crippen LogP contribution in [0.1, 0.15) is 39.0 Å². The Bertz CT molecular complexity index is 918. The minimum atomic E-state index is -0.914. The summed E-state index contributed by atoms with van der Waals surface area (Å²) in [6, 6.07) is 10.6. The molecule has 0 fully saturated rings. The summed E-state index contributed by atoms with van der Waals surface area (Å²) < 4.78 is 5.29. The van der Waals surface area contributed by atoms with Crippen molar-refractivity contribution in [1.82, 2.24) is 0 Å². The molecule has 2 aromatic rings. The van der Waals surface area contributed by atoms with Gasteiger partial charge in [-0.1, -0.05) is 30.3 Å². The Morgan fingerprint density at radius 2 is 1.84 bits per heavy atom. The Morgan fingerprint density at radius 3 is 2.36 bits per heavy atom. The summed E-state index contributed by atoms with van der Waals surface area (Å²) >= 11 is 0. The second-order valence-corrected chi connectivity index (χ2v) is 5.19. The van der Waals surface area contributed by atoms with Gasteiger partial charge in [-0.25, -0.2) is 0 Å². The van der Waals surface area contributed by atoms with E-state index < -0.39 is 17.6 Å². The number of aryl methyl sites for hydroxylation is 1. The number of carbonyl (C=O) groups is 3. The molecule has 0 saturated heterocycles. The first kappa shape index (κ1) is 17.7. The Hall–Kier alpha value is -3.66. The van der Waals surface area contributed by atoms with E-state index in [0.29, 0.717) is 5.56 Å². The lowest BCUT2D eigenvalue weighted by atomic mass is 10.1. The summed E-state index contributed by atoms with van der Waals surface area (Å²) in [7, 11) is 0. The van der Waals surface area contributed by atoms with Crippen molar-refractivity contribution in [3.63, 3.8) is 0 Å². The first-order chi connectivity index (χ1) is 11.8. The fourth-order valence-corrected chi connectivity index (χ4v) is 2.33. The second-order valence-electron chi connectivity index (χ2n) is 5.19. The number of anilines is 1. The van der Waals surface area contributed by atoms with Crippen LogP contribution in [-0.2, 0) is 4.79 Å². The van der Waals surface area contributed by atoms with Crippen LogP contribution in [-0.4, -0.2) is 17.6 Å². The lowest BCUT2D eigenvalue weighted by Crippen LogP contribution is -2.19. The van der Waals surface area contributed by atoms with E-state index in [0.717, 1.165) is 0 Å². The van der Waals surface area contributed by atoms with Gasteiger partial charge in [0.25, 0.3) is 11.8 Å². The maximum atomic E-state index is 12.3. The third kappa shape index (κ3) is 3.82. The Labute approximate surface area is 143 Å². The van der Waals surface area contributed by atoms with Crippen LogP contribution in [0.2, 0.25) is 0 Å². The molecule has 1 aromatic carbocycles. The van der Waals surface area contributed by atoms with Crippen molar-refractivity contribution in [1.29, 1.82) is 5.26 Å². The maximum Gasteiger partial charge on any atom is 0.268 e. The second kappa shape index (κ2) is 7.27. The van der Waals surface area contributed by atoms with Crippen LogP contribution in [0.4, 0.5) is 5.88 Å². The van der Waals surface area contributed by atoms with E-state index in [9.17, 15) is 19.6 Å². The van der Waals surface area contributed by atoms with Gasteiger partial charge < -0.3 is 10.2 Å². The molecule has 126 valence electrons. The van der Waals surface area contributed by atoms with Crippen LogP contribution >= 0.6 is 0 Å². The Morgan fingerprint density at radius 1 is 1.20 bits per heavy atom. The van der Waals surface area contributed by atoms with E-state index in [2.05, 4.69) is 5.32 Å². The molecule has 1 heterocycles. The average Bonchev–Trinajstić information content (AvgIpc) is 2.89. The highest BCUT2D eigenvalue weighted by atomic mass is 16.4. The number of ketones is 1. The molecule has 0 aliphatic rings. The molecule has 2 rings (SSSR count). The number of benzene rings is 1. The summed E-state index contributed by atoms with van der Waals surface area (Å²) in [5.41, 5.74) is 5.55. The molecular formula is C18H15N3O4. The fraction of sp³-hybridized carbons (Fsp3) is 0.111. The van der Waals surface area contributed by atoms with Gasteiger partial charge in [0.1, 0.15) is 23.0 Å². The SMILES string of the molecule is CC(=O)c1c(C)oc(NC(=O)/C(C#N)=C/c2ccccc2)c1C(N)=O. The average molecular weight is 337 g/mol. The van der Waals surface area contributed by atoms with E-state index in [1.54, 1.807) is 36.4 Å². The first-order valence-electron chi connectivity index (χ1n) is 7.27. The highest BCUT2D eigenvalue weighted by Crippen LogP contribution is 2.27. The number of nitrogens with one attached hydrogen (secondary N) is 1. The van der Waals surface area contributed by atoms with Crippen molar-refractivity contribution in [2.75, 3.05) is 5.32 Å². The van der Waals surface area contributed by atoms with E-state index in [-0.39, 0.29) is 28.3 Å². The third-order valence-electron chi connectivity index (χ3n) is 3.39. The standard InChI is InChI=1S/C18H15N3O4/c1-10(22)14-11(2)25-18(15(14)16(20)23)21-17(24)13(9-19)8-12-6-4-3-5-7-12/h3-8H,1-2H3,(H2,20,23)(H,21,24)/b13-8+. The topological polar surface area (TPSA) is 126 Å². The van der Waals surface area contributed by atoms with Crippen molar-refractivity contribution in [3.8, 4) is 6.07 Å². The fourth-order valence-electron chi connectivity index (χ4n) is 2.33. The maximum absolute atomic E-state index is 12.3. The van der Waals surface area contributed by atoms with E-state index in [1.165, 1.54) is 19.9 Å². The van der Waals surface area contributed by atoms with Gasteiger partial charge in [-0.05, 0) is 25.5 Å². The summed E-state index contributed by atoms with van der Waals surface area (Å²) in [6.07, 6.45) is 1.39. The van der Waals surface area contributed by atoms with E-state index in [4.69, 9.17) is 10.2 Å². The van der Waals surface area contributed by atoms with Crippen LogP contribution in [0.5, 0.6) is 0 Å².